The van der Waals surface area contributed by atoms with Gasteiger partial charge in [0, 0.05) is 23.9 Å². The molecule has 0 aliphatic carbocycles. The largest absolute Gasteiger partial charge is 0.382 e. The van der Waals surface area contributed by atoms with Crippen LogP contribution in [0.15, 0.2) is 18.2 Å². The molecule has 1 rings (SSSR count). The predicted octanol–water partition coefficient (Wildman–Crippen LogP) is 2.66. The van der Waals surface area contributed by atoms with Crippen molar-refractivity contribution >= 4 is 11.4 Å². The van der Waals surface area contributed by atoms with Crippen LogP contribution in [0.2, 0.25) is 0 Å². The first-order valence-electron chi connectivity index (χ1n) is 6.06. The molecule has 0 bridgehead atoms. The molecule has 0 saturated heterocycles. The number of nitro groups is 1. The summed E-state index contributed by atoms with van der Waals surface area (Å²) in [7, 11) is 4.06. The molecule has 0 aliphatic rings. The van der Waals surface area contributed by atoms with Crippen molar-refractivity contribution in [2.45, 2.75) is 26.3 Å². The molecule has 1 unspecified atom stereocenters. The van der Waals surface area contributed by atoms with E-state index < -0.39 is 0 Å². The summed E-state index contributed by atoms with van der Waals surface area (Å²) in [5, 5.41) is 14.1. The molecule has 0 radical (unpaired) electrons. The zero-order valence-corrected chi connectivity index (χ0v) is 11.4. The standard InChI is InChI=1S/C13H21N3O2/c1-10-7-12(9-13(8-10)16(17)18)14-11(2)5-6-15(3)4/h7-9,11,14H,5-6H2,1-4H3. The van der Waals surface area contributed by atoms with Crippen LogP contribution in [0.5, 0.6) is 0 Å². The Kier molecular flexibility index (Phi) is 5.09. The third kappa shape index (κ3) is 4.71. The fourth-order valence-electron chi connectivity index (χ4n) is 1.76. The van der Waals surface area contributed by atoms with Crippen LogP contribution in [0.3, 0.4) is 0 Å². The number of hydrogen-bond donors (Lipinski definition) is 1. The molecule has 1 atom stereocenters. The second-order valence-electron chi connectivity index (χ2n) is 4.95. The van der Waals surface area contributed by atoms with Gasteiger partial charge in [0.2, 0.25) is 0 Å². The number of aryl methyl sites for hydroxylation is 1. The first kappa shape index (κ1) is 14.4. The monoisotopic (exact) mass is 251 g/mol. The highest BCUT2D eigenvalue weighted by Gasteiger charge is 2.09. The maximum absolute atomic E-state index is 10.8. The van der Waals surface area contributed by atoms with E-state index in [4.69, 9.17) is 0 Å². The number of hydrogen-bond acceptors (Lipinski definition) is 4. The van der Waals surface area contributed by atoms with Crippen LogP contribution < -0.4 is 5.32 Å². The summed E-state index contributed by atoms with van der Waals surface area (Å²) < 4.78 is 0. The van der Waals surface area contributed by atoms with E-state index in [1.807, 2.05) is 27.1 Å². The first-order chi connectivity index (χ1) is 8.38. The topological polar surface area (TPSA) is 58.4 Å². The normalized spacial score (nSPS) is 12.5. The molecule has 100 valence electrons. The molecule has 0 heterocycles. The van der Waals surface area contributed by atoms with Crippen molar-refractivity contribution in [1.29, 1.82) is 0 Å². The van der Waals surface area contributed by atoms with E-state index in [2.05, 4.69) is 17.1 Å². The summed E-state index contributed by atoms with van der Waals surface area (Å²) in [5.41, 5.74) is 1.84. The lowest BCUT2D eigenvalue weighted by Crippen LogP contribution is -2.23. The van der Waals surface area contributed by atoms with Crippen LogP contribution in [0.25, 0.3) is 0 Å². The van der Waals surface area contributed by atoms with Gasteiger partial charge < -0.3 is 10.2 Å². The number of benzene rings is 1. The van der Waals surface area contributed by atoms with Crippen molar-refractivity contribution in [3.8, 4) is 0 Å². The molecule has 0 aliphatic heterocycles. The second kappa shape index (κ2) is 6.35. The van der Waals surface area contributed by atoms with Gasteiger partial charge in [0.05, 0.1) is 4.92 Å². The van der Waals surface area contributed by atoms with Gasteiger partial charge in [0.15, 0.2) is 0 Å². The van der Waals surface area contributed by atoms with E-state index in [1.165, 1.54) is 0 Å². The SMILES string of the molecule is Cc1cc(NC(C)CCN(C)C)cc([N+](=O)[O-])c1. The highest BCUT2D eigenvalue weighted by atomic mass is 16.6. The Bertz CT molecular complexity index is 419. The summed E-state index contributed by atoms with van der Waals surface area (Å²) in [4.78, 5) is 12.5. The maximum Gasteiger partial charge on any atom is 0.271 e. The number of nitrogens with zero attached hydrogens (tertiary/aromatic N) is 2. The van der Waals surface area contributed by atoms with Crippen LogP contribution in [-0.4, -0.2) is 36.5 Å². The van der Waals surface area contributed by atoms with Gasteiger partial charge in [-0.05, 0) is 52.5 Å². The number of nitro benzene ring substituents is 1. The Morgan fingerprint density at radius 3 is 2.61 bits per heavy atom. The molecule has 1 N–H and O–H groups in total. The molecule has 1 aromatic rings. The average Bonchev–Trinajstić information content (AvgIpc) is 2.25. The lowest BCUT2D eigenvalue weighted by atomic mass is 10.1. The Morgan fingerprint density at radius 2 is 2.06 bits per heavy atom. The average molecular weight is 251 g/mol. The summed E-state index contributed by atoms with van der Waals surface area (Å²) in [6, 6.07) is 5.38. The van der Waals surface area contributed by atoms with Crippen LogP contribution in [0.4, 0.5) is 11.4 Å². The molecular formula is C13H21N3O2. The number of rotatable bonds is 6. The third-order valence-electron chi connectivity index (χ3n) is 2.70. The van der Waals surface area contributed by atoms with Crippen molar-refractivity contribution in [1.82, 2.24) is 4.90 Å². The molecular weight excluding hydrogens is 230 g/mol. The summed E-state index contributed by atoms with van der Waals surface area (Å²) in [6.45, 7) is 4.93. The van der Waals surface area contributed by atoms with Gasteiger partial charge in [-0.25, -0.2) is 0 Å². The highest BCUT2D eigenvalue weighted by molar-refractivity contribution is 5.54. The molecule has 0 saturated carbocycles. The summed E-state index contributed by atoms with van der Waals surface area (Å²) >= 11 is 0. The van der Waals surface area contributed by atoms with Gasteiger partial charge in [-0.15, -0.1) is 0 Å². The number of anilines is 1. The van der Waals surface area contributed by atoms with Gasteiger partial charge in [-0.2, -0.15) is 0 Å². The molecule has 0 spiro atoms. The summed E-state index contributed by atoms with van der Waals surface area (Å²) in [5.74, 6) is 0. The fraction of sp³-hybridized carbons (Fsp3) is 0.538. The van der Waals surface area contributed by atoms with Gasteiger partial charge in [0.25, 0.3) is 5.69 Å². The van der Waals surface area contributed by atoms with E-state index in [1.54, 1.807) is 12.1 Å². The van der Waals surface area contributed by atoms with E-state index >= 15 is 0 Å². The third-order valence-corrected chi connectivity index (χ3v) is 2.70. The quantitative estimate of drug-likeness (QED) is 0.623. The minimum atomic E-state index is -0.358. The van der Waals surface area contributed by atoms with Crippen molar-refractivity contribution in [3.63, 3.8) is 0 Å². The van der Waals surface area contributed by atoms with Gasteiger partial charge >= 0.3 is 0 Å². The van der Waals surface area contributed by atoms with Gasteiger partial charge in [-0.1, -0.05) is 0 Å². The predicted molar refractivity (Wildman–Crippen MR) is 74.1 cm³/mol. The molecule has 0 aromatic heterocycles. The van der Waals surface area contributed by atoms with E-state index in [-0.39, 0.29) is 16.7 Å². The second-order valence-corrected chi connectivity index (χ2v) is 4.95. The molecule has 5 heteroatoms. The lowest BCUT2D eigenvalue weighted by Gasteiger charge is -2.18. The van der Waals surface area contributed by atoms with E-state index in [9.17, 15) is 10.1 Å². The molecule has 18 heavy (non-hydrogen) atoms. The molecule has 0 amide bonds. The number of non-ortho nitro benzene ring substituents is 1. The maximum atomic E-state index is 10.8. The van der Waals surface area contributed by atoms with Crippen molar-refractivity contribution < 1.29 is 4.92 Å². The van der Waals surface area contributed by atoms with E-state index in [0.717, 1.165) is 24.2 Å². The Labute approximate surface area is 108 Å². The Morgan fingerprint density at radius 1 is 1.39 bits per heavy atom. The molecule has 5 nitrogen and oxygen atoms in total. The highest BCUT2D eigenvalue weighted by Crippen LogP contribution is 2.21. The number of nitrogens with one attached hydrogen (secondary N) is 1. The van der Waals surface area contributed by atoms with Crippen molar-refractivity contribution in [2.24, 2.45) is 0 Å². The Hall–Kier alpha value is -1.62. The fourth-order valence-corrected chi connectivity index (χ4v) is 1.76. The molecule has 0 fully saturated rings. The smallest absolute Gasteiger partial charge is 0.271 e. The van der Waals surface area contributed by atoms with Crippen LogP contribution in [0, 0.1) is 17.0 Å². The molecule has 1 aromatic carbocycles. The lowest BCUT2D eigenvalue weighted by molar-refractivity contribution is -0.384. The van der Waals surface area contributed by atoms with Crippen LogP contribution >= 0.6 is 0 Å². The van der Waals surface area contributed by atoms with Crippen molar-refractivity contribution in [2.75, 3.05) is 26.0 Å². The van der Waals surface area contributed by atoms with Crippen LogP contribution in [-0.2, 0) is 0 Å². The summed E-state index contributed by atoms with van der Waals surface area (Å²) in [6.07, 6.45) is 0.995. The van der Waals surface area contributed by atoms with Crippen LogP contribution in [0.1, 0.15) is 18.9 Å². The first-order valence-corrected chi connectivity index (χ1v) is 6.06. The zero-order valence-electron chi connectivity index (χ0n) is 11.4. The van der Waals surface area contributed by atoms with Crippen molar-refractivity contribution in [3.05, 3.63) is 33.9 Å². The van der Waals surface area contributed by atoms with Gasteiger partial charge in [-0.3, -0.25) is 10.1 Å². The van der Waals surface area contributed by atoms with Gasteiger partial charge in [0.1, 0.15) is 0 Å². The Balaban J connectivity index is 2.69. The zero-order chi connectivity index (χ0) is 13.7. The minimum absolute atomic E-state index is 0.136. The van der Waals surface area contributed by atoms with E-state index in [0.29, 0.717) is 0 Å². The minimum Gasteiger partial charge on any atom is -0.382 e.